The fourth-order valence-corrected chi connectivity index (χ4v) is 4.67. The molecule has 2 aliphatic heterocycles. The number of aryl methyl sites for hydroxylation is 2. The molecule has 0 spiro atoms. The van der Waals surface area contributed by atoms with Gasteiger partial charge < -0.3 is 4.57 Å². The Balaban J connectivity index is 1.37. The molecule has 3 aromatic rings. The lowest BCUT2D eigenvalue weighted by atomic mass is 9.95. The molecule has 4 heterocycles. The van der Waals surface area contributed by atoms with E-state index in [2.05, 4.69) is 55.1 Å². The molecular weight excluding hydrogens is 336 g/mol. The van der Waals surface area contributed by atoms with Crippen LogP contribution in [0.1, 0.15) is 42.4 Å². The molecule has 0 aliphatic carbocycles. The van der Waals surface area contributed by atoms with Crippen LogP contribution < -0.4 is 0 Å². The highest BCUT2D eigenvalue weighted by atomic mass is 15.3. The average Bonchev–Trinajstić information content (AvgIpc) is 3.39. The van der Waals surface area contributed by atoms with E-state index in [1.807, 2.05) is 17.9 Å². The highest BCUT2D eigenvalue weighted by Gasteiger charge is 2.28. The van der Waals surface area contributed by atoms with E-state index in [1.54, 1.807) is 0 Å². The van der Waals surface area contributed by atoms with Crippen LogP contribution in [-0.2, 0) is 26.6 Å². The third-order valence-electron chi connectivity index (χ3n) is 6.02. The van der Waals surface area contributed by atoms with Gasteiger partial charge in [-0.25, -0.2) is 0 Å². The summed E-state index contributed by atoms with van der Waals surface area (Å²) in [6.45, 7) is 4.28. The molecular formula is C21H26N6. The molecule has 6 nitrogen and oxygen atoms in total. The van der Waals surface area contributed by atoms with Crippen LogP contribution in [0.25, 0.3) is 11.3 Å². The van der Waals surface area contributed by atoms with E-state index in [0.717, 1.165) is 32.6 Å². The molecule has 1 saturated heterocycles. The van der Waals surface area contributed by atoms with Crippen molar-refractivity contribution in [2.45, 2.75) is 44.7 Å². The Morgan fingerprint density at radius 3 is 2.89 bits per heavy atom. The maximum Gasteiger partial charge on any atom is 0.137 e. The van der Waals surface area contributed by atoms with Gasteiger partial charge in [0.05, 0.1) is 5.69 Å². The summed E-state index contributed by atoms with van der Waals surface area (Å²) in [5.41, 5.74) is 3.82. The minimum absolute atomic E-state index is 0.502. The lowest BCUT2D eigenvalue weighted by Crippen LogP contribution is -2.35. The van der Waals surface area contributed by atoms with E-state index in [9.17, 15) is 0 Å². The van der Waals surface area contributed by atoms with Crippen LogP contribution in [-0.4, -0.2) is 42.5 Å². The maximum atomic E-state index is 4.55. The highest BCUT2D eigenvalue weighted by Crippen LogP contribution is 2.30. The van der Waals surface area contributed by atoms with Gasteiger partial charge in [-0.05, 0) is 37.4 Å². The second-order valence-corrected chi connectivity index (χ2v) is 7.80. The van der Waals surface area contributed by atoms with Crippen molar-refractivity contribution in [3.05, 3.63) is 53.7 Å². The number of hydrogen-bond acceptors (Lipinski definition) is 4. The monoisotopic (exact) mass is 362 g/mol. The van der Waals surface area contributed by atoms with Crippen molar-refractivity contribution < 1.29 is 0 Å². The Morgan fingerprint density at radius 1 is 1.07 bits per heavy atom. The van der Waals surface area contributed by atoms with Gasteiger partial charge in [-0.3, -0.25) is 9.58 Å². The number of aromatic nitrogens is 5. The zero-order valence-electron chi connectivity index (χ0n) is 15.9. The quantitative estimate of drug-likeness (QED) is 0.716. The van der Waals surface area contributed by atoms with E-state index in [-0.39, 0.29) is 0 Å². The molecule has 1 unspecified atom stereocenters. The molecule has 6 heteroatoms. The number of fused-ring (bicyclic) bond motifs is 1. The Bertz CT molecular complexity index is 940. The molecule has 0 bridgehead atoms. The summed E-state index contributed by atoms with van der Waals surface area (Å²) in [4.78, 5) is 2.58. The lowest BCUT2D eigenvalue weighted by Gasteiger charge is -2.32. The van der Waals surface area contributed by atoms with Crippen molar-refractivity contribution in [2.75, 3.05) is 13.1 Å². The number of piperidine rings is 1. The van der Waals surface area contributed by atoms with Gasteiger partial charge in [0.2, 0.25) is 0 Å². The zero-order chi connectivity index (χ0) is 18.2. The topological polar surface area (TPSA) is 51.8 Å². The summed E-state index contributed by atoms with van der Waals surface area (Å²) in [5.74, 6) is 2.90. The molecule has 2 aliphatic rings. The number of hydrogen-bond donors (Lipinski definition) is 0. The zero-order valence-corrected chi connectivity index (χ0v) is 15.9. The molecule has 2 aromatic heterocycles. The van der Waals surface area contributed by atoms with E-state index >= 15 is 0 Å². The Kier molecular flexibility index (Phi) is 4.28. The second-order valence-electron chi connectivity index (χ2n) is 7.80. The lowest BCUT2D eigenvalue weighted by molar-refractivity contribution is 0.195. The Morgan fingerprint density at radius 2 is 2.00 bits per heavy atom. The SMILES string of the molecule is Cn1nccc1-c1ccccc1CN1CCCC(c2nnc3n2CCC3)C1. The van der Waals surface area contributed by atoms with Crippen molar-refractivity contribution in [3.63, 3.8) is 0 Å². The van der Waals surface area contributed by atoms with Crippen LogP contribution in [0.15, 0.2) is 36.5 Å². The first kappa shape index (κ1) is 16.7. The van der Waals surface area contributed by atoms with Crippen molar-refractivity contribution in [3.8, 4) is 11.3 Å². The number of nitrogens with zero attached hydrogens (tertiary/aromatic N) is 6. The summed E-state index contributed by atoms with van der Waals surface area (Å²) in [6, 6.07) is 10.8. The normalized spacial score (nSPS) is 20.1. The highest BCUT2D eigenvalue weighted by molar-refractivity contribution is 5.63. The maximum absolute atomic E-state index is 4.55. The van der Waals surface area contributed by atoms with E-state index in [1.165, 1.54) is 47.7 Å². The molecule has 0 radical (unpaired) electrons. The van der Waals surface area contributed by atoms with E-state index in [0.29, 0.717) is 5.92 Å². The van der Waals surface area contributed by atoms with Gasteiger partial charge in [-0.15, -0.1) is 10.2 Å². The van der Waals surface area contributed by atoms with Crippen molar-refractivity contribution >= 4 is 0 Å². The summed E-state index contributed by atoms with van der Waals surface area (Å²) in [5, 5.41) is 13.3. The summed E-state index contributed by atoms with van der Waals surface area (Å²) in [7, 11) is 2.01. The minimum atomic E-state index is 0.502. The van der Waals surface area contributed by atoms with Gasteiger partial charge in [0, 0.05) is 50.8 Å². The first-order chi connectivity index (χ1) is 13.3. The van der Waals surface area contributed by atoms with Crippen LogP contribution in [0.3, 0.4) is 0 Å². The van der Waals surface area contributed by atoms with Gasteiger partial charge in [-0.1, -0.05) is 24.3 Å². The summed E-state index contributed by atoms with van der Waals surface area (Å²) >= 11 is 0. The number of rotatable bonds is 4. The van der Waals surface area contributed by atoms with Crippen LogP contribution >= 0.6 is 0 Å². The van der Waals surface area contributed by atoms with E-state index in [4.69, 9.17) is 0 Å². The van der Waals surface area contributed by atoms with Gasteiger partial charge in [-0.2, -0.15) is 5.10 Å². The number of benzene rings is 1. The summed E-state index contributed by atoms with van der Waals surface area (Å²) < 4.78 is 4.33. The molecule has 5 rings (SSSR count). The predicted molar refractivity (Wildman–Crippen MR) is 104 cm³/mol. The summed E-state index contributed by atoms with van der Waals surface area (Å²) in [6.07, 6.45) is 6.61. The van der Waals surface area contributed by atoms with Gasteiger partial charge >= 0.3 is 0 Å². The number of likely N-dealkylation sites (tertiary alicyclic amines) is 1. The van der Waals surface area contributed by atoms with Gasteiger partial charge in [0.25, 0.3) is 0 Å². The van der Waals surface area contributed by atoms with E-state index < -0.39 is 0 Å². The Labute approximate surface area is 159 Å². The molecule has 1 aromatic carbocycles. The molecule has 1 atom stereocenters. The van der Waals surface area contributed by atoms with Crippen molar-refractivity contribution in [2.24, 2.45) is 7.05 Å². The van der Waals surface area contributed by atoms with Crippen LogP contribution in [0.4, 0.5) is 0 Å². The first-order valence-electron chi connectivity index (χ1n) is 10.00. The fourth-order valence-electron chi connectivity index (χ4n) is 4.67. The third-order valence-corrected chi connectivity index (χ3v) is 6.02. The second kappa shape index (κ2) is 6.93. The first-order valence-corrected chi connectivity index (χ1v) is 10.00. The van der Waals surface area contributed by atoms with Crippen LogP contribution in [0.5, 0.6) is 0 Å². The smallest absolute Gasteiger partial charge is 0.137 e. The van der Waals surface area contributed by atoms with Crippen LogP contribution in [0.2, 0.25) is 0 Å². The van der Waals surface area contributed by atoms with Gasteiger partial charge in [0.1, 0.15) is 11.6 Å². The predicted octanol–water partition coefficient (Wildman–Crippen LogP) is 3.00. The largest absolute Gasteiger partial charge is 0.315 e. The average molecular weight is 362 g/mol. The minimum Gasteiger partial charge on any atom is -0.315 e. The molecule has 27 heavy (non-hydrogen) atoms. The Hall–Kier alpha value is -2.47. The molecule has 140 valence electrons. The van der Waals surface area contributed by atoms with Crippen LogP contribution in [0, 0.1) is 0 Å². The molecule has 0 amide bonds. The molecule has 1 fully saturated rings. The fraction of sp³-hybridized carbons (Fsp3) is 0.476. The molecule has 0 N–H and O–H groups in total. The molecule has 0 saturated carbocycles. The van der Waals surface area contributed by atoms with Crippen molar-refractivity contribution in [1.82, 2.24) is 29.4 Å². The van der Waals surface area contributed by atoms with Crippen molar-refractivity contribution in [1.29, 1.82) is 0 Å². The van der Waals surface area contributed by atoms with Gasteiger partial charge in [0.15, 0.2) is 0 Å². The third kappa shape index (κ3) is 3.08. The standard InChI is InChI=1S/C21H26N6/c1-25-19(10-11-22-25)18-8-3-2-6-16(18)14-26-12-4-7-17(15-26)21-24-23-20-9-5-13-27(20)21/h2-3,6,8,10-11,17H,4-5,7,9,12-15H2,1H3.